The molecule has 1 aromatic heterocycles. The van der Waals surface area contributed by atoms with E-state index in [2.05, 4.69) is 4.98 Å². The second-order valence-electron chi connectivity index (χ2n) is 4.00. The summed E-state index contributed by atoms with van der Waals surface area (Å²) in [5, 5.41) is 9.15. The molecule has 1 heterocycles. The lowest BCUT2D eigenvalue weighted by molar-refractivity contribution is -0.153. The van der Waals surface area contributed by atoms with Crippen LogP contribution in [0.15, 0.2) is 18.3 Å². The average molecular weight is 205 g/mol. The predicted molar refractivity (Wildman–Crippen MR) is 52.5 cm³/mol. The summed E-state index contributed by atoms with van der Waals surface area (Å²) >= 11 is 0. The highest BCUT2D eigenvalue weighted by Gasteiger charge is 2.52. The highest BCUT2D eigenvalue weighted by atomic mass is 16.4. The summed E-state index contributed by atoms with van der Waals surface area (Å²) in [4.78, 5) is 26.2. The van der Waals surface area contributed by atoms with Crippen molar-refractivity contribution in [1.29, 1.82) is 0 Å². The van der Waals surface area contributed by atoms with E-state index in [4.69, 9.17) is 5.11 Å². The van der Waals surface area contributed by atoms with Gasteiger partial charge in [-0.3, -0.25) is 14.6 Å². The normalized spacial score (nSPS) is 18.3. The fourth-order valence-corrected chi connectivity index (χ4v) is 1.86. The molecule has 0 aliphatic heterocycles. The van der Waals surface area contributed by atoms with Crippen molar-refractivity contribution < 1.29 is 14.7 Å². The van der Waals surface area contributed by atoms with E-state index in [-0.39, 0.29) is 18.6 Å². The molecule has 0 aromatic carbocycles. The Hall–Kier alpha value is -1.71. The van der Waals surface area contributed by atoms with Crippen molar-refractivity contribution in [3.8, 4) is 0 Å². The van der Waals surface area contributed by atoms with Gasteiger partial charge in [0.1, 0.15) is 11.2 Å². The van der Waals surface area contributed by atoms with Crippen molar-refractivity contribution in [2.75, 3.05) is 0 Å². The van der Waals surface area contributed by atoms with E-state index >= 15 is 0 Å². The van der Waals surface area contributed by atoms with Crippen LogP contribution in [0.1, 0.15) is 24.1 Å². The van der Waals surface area contributed by atoms with E-state index in [1.807, 2.05) is 6.92 Å². The molecule has 1 aliphatic rings. The van der Waals surface area contributed by atoms with E-state index in [9.17, 15) is 9.59 Å². The Balaban J connectivity index is 2.43. The van der Waals surface area contributed by atoms with Gasteiger partial charge < -0.3 is 5.11 Å². The van der Waals surface area contributed by atoms with Crippen molar-refractivity contribution in [3.05, 3.63) is 29.6 Å². The molecule has 0 amide bonds. The second-order valence-corrected chi connectivity index (χ2v) is 4.00. The number of hydrogen-bond acceptors (Lipinski definition) is 3. The van der Waals surface area contributed by atoms with Gasteiger partial charge in [-0.25, -0.2) is 0 Å². The molecule has 4 heteroatoms. The van der Waals surface area contributed by atoms with Gasteiger partial charge in [0.05, 0.1) is 5.69 Å². The maximum absolute atomic E-state index is 11.2. The minimum absolute atomic E-state index is 0.0132. The molecular weight excluding hydrogens is 194 g/mol. The Bertz CT molecular complexity index is 431. The SMILES string of the molecule is Cc1ccnc(C2(C(=O)O)CC(=O)C2)c1. The minimum Gasteiger partial charge on any atom is -0.481 e. The number of carboxylic acids is 1. The van der Waals surface area contributed by atoms with Gasteiger partial charge in [0.2, 0.25) is 0 Å². The highest BCUT2D eigenvalue weighted by molar-refractivity contribution is 6.01. The Morgan fingerprint density at radius 2 is 2.20 bits per heavy atom. The molecule has 0 unspecified atom stereocenters. The first-order valence-electron chi connectivity index (χ1n) is 4.73. The lowest BCUT2D eigenvalue weighted by Gasteiger charge is -2.35. The van der Waals surface area contributed by atoms with E-state index in [1.54, 1.807) is 18.3 Å². The summed E-state index contributed by atoms with van der Waals surface area (Å²) in [6, 6.07) is 3.54. The molecule has 1 aromatic rings. The van der Waals surface area contributed by atoms with Crippen LogP contribution >= 0.6 is 0 Å². The summed E-state index contributed by atoms with van der Waals surface area (Å²) in [7, 11) is 0. The molecule has 0 radical (unpaired) electrons. The molecule has 1 aliphatic carbocycles. The third-order valence-corrected chi connectivity index (χ3v) is 2.81. The quantitative estimate of drug-likeness (QED) is 0.784. The molecule has 0 spiro atoms. The van der Waals surface area contributed by atoms with Crippen LogP contribution in [0.3, 0.4) is 0 Å². The number of aliphatic carboxylic acids is 1. The molecule has 1 saturated carbocycles. The number of aryl methyl sites for hydroxylation is 1. The van der Waals surface area contributed by atoms with Crippen molar-refractivity contribution >= 4 is 11.8 Å². The maximum atomic E-state index is 11.2. The molecule has 4 nitrogen and oxygen atoms in total. The van der Waals surface area contributed by atoms with Crippen LogP contribution in [0, 0.1) is 6.92 Å². The summed E-state index contributed by atoms with van der Waals surface area (Å²) in [6.45, 7) is 1.88. The number of pyridine rings is 1. The lowest BCUT2D eigenvalue weighted by atomic mass is 9.65. The number of carbonyl (C=O) groups is 2. The number of carbonyl (C=O) groups excluding carboxylic acids is 1. The van der Waals surface area contributed by atoms with Gasteiger partial charge in [-0.15, -0.1) is 0 Å². The summed E-state index contributed by atoms with van der Waals surface area (Å²) in [6.07, 6.45) is 1.72. The van der Waals surface area contributed by atoms with Gasteiger partial charge in [-0.2, -0.15) is 0 Å². The molecular formula is C11H11NO3. The highest BCUT2D eigenvalue weighted by Crippen LogP contribution is 2.40. The Morgan fingerprint density at radius 1 is 1.53 bits per heavy atom. The number of ketones is 1. The van der Waals surface area contributed by atoms with Crippen molar-refractivity contribution in [3.63, 3.8) is 0 Å². The van der Waals surface area contributed by atoms with Crippen molar-refractivity contribution in [1.82, 2.24) is 4.98 Å². The van der Waals surface area contributed by atoms with Gasteiger partial charge in [-0.05, 0) is 24.6 Å². The summed E-state index contributed by atoms with van der Waals surface area (Å²) in [5.41, 5.74) is 0.387. The molecule has 0 atom stereocenters. The van der Waals surface area contributed by atoms with E-state index in [0.717, 1.165) is 5.56 Å². The largest absolute Gasteiger partial charge is 0.481 e. The summed E-state index contributed by atoms with van der Waals surface area (Å²) in [5.74, 6) is -0.971. The van der Waals surface area contributed by atoms with Gasteiger partial charge in [0, 0.05) is 19.0 Å². The van der Waals surface area contributed by atoms with Crippen LogP contribution in [0.25, 0.3) is 0 Å². The standard InChI is InChI=1S/C11H11NO3/c1-7-2-3-12-9(4-7)11(10(14)15)5-8(13)6-11/h2-4H,5-6H2,1H3,(H,14,15). The fourth-order valence-electron chi connectivity index (χ4n) is 1.86. The van der Waals surface area contributed by atoms with E-state index < -0.39 is 11.4 Å². The zero-order valence-electron chi connectivity index (χ0n) is 8.36. The van der Waals surface area contributed by atoms with Crippen molar-refractivity contribution in [2.45, 2.75) is 25.2 Å². The van der Waals surface area contributed by atoms with E-state index in [1.165, 1.54) is 0 Å². The molecule has 2 rings (SSSR count). The van der Waals surface area contributed by atoms with Gasteiger partial charge >= 0.3 is 5.97 Å². The Kier molecular flexibility index (Phi) is 2.07. The first kappa shape index (κ1) is 9.83. The fraction of sp³-hybridized carbons (Fsp3) is 0.364. The molecule has 1 N–H and O–H groups in total. The topological polar surface area (TPSA) is 67.3 Å². The zero-order chi connectivity index (χ0) is 11.1. The van der Waals surface area contributed by atoms with Crippen LogP contribution in [0.2, 0.25) is 0 Å². The number of Topliss-reactive ketones (excluding diaryl/α,β-unsaturated/α-hetero) is 1. The van der Waals surface area contributed by atoms with Crippen molar-refractivity contribution in [2.24, 2.45) is 0 Å². The zero-order valence-corrected chi connectivity index (χ0v) is 8.36. The number of hydrogen-bond donors (Lipinski definition) is 1. The van der Waals surface area contributed by atoms with Crippen LogP contribution in [0.5, 0.6) is 0 Å². The van der Waals surface area contributed by atoms with Crippen LogP contribution in [0.4, 0.5) is 0 Å². The summed E-state index contributed by atoms with van der Waals surface area (Å²) < 4.78 is 0. The second kappa shape index (κ2) is 3.15. The number of rotatable bonds is 2. The van der Waals surface area contributed by atoms with Crippen LogP contribution < -0.4 is 0 Å². The molecule has 78 valence electrons. The molecule has 0 saturated heterocycles. The van der Waals surface area contributed by atoms with Gasteiger partial charge in [0.25, 0.3) is 0 Å². The van der Waals surface area contributed by atoms with E-state index in [0.29, 0.717) is 5.69 Å². The Labute approximate surface area is 87.0 Å². The predicted octanol–water partition coefficient (Wildman–Crippen LogP) is 1.08. The van der Waals surface area contributed by atoms with Crippen LogP contribution in [-0.2, 0) is 15.0 Å². The lowest BCUT2D eigenvalue weighted by Crippen LogP contribution is -2.48. The van der Waals surface area contributed by atoms with Gasteiger partial charge in [0.15, 0.2) is 0 Å². The Morgan fingerprint density at radius 3 is 2.67 bits per heavy atom. The van der Waals surface area contributed by atoms with Gasteiger partial charge in [-0.1, -0.05) is 0 Å². The first-order chi connectivity index (χ1) is 7.04. The average Bonchev–Trinajstić information content (AvgIpc) is 2.12. The number of aromatic nitrogens is 1. The maximum Gasteiger partial charge on any atom is 0.316 e. The number of nitrogens with zero attached hydrogens (tertiary/aromatic N) is 1. The number of carboxylic acid groups (broad SMARTS) is 1. The molecule has 15 heavy (non-hydrogen) atoms. The monoisotopic (exact) mass is 205 g/mol. The molecule has 0 bridgehead atoms. The smallest absolute Gasteiger partial charge is 0.316 e. The molecule has 1 fully saturated rings. The third-order valence-electron chi connectivity index (χ3n) is 2.81. The third kappa shape index (κ3) is 1.42. The minimum atomic E-state index is -1.07. The first-order valence-corrected chi connectivity index (χ1v) is 4.73. The van der Waals surface area contributed by atoms with Crippen LogP contribution in [-0.4, -0.2) is 21.8 Å².